The first kappa shape index (κ1) is 27.3. The van der Waals surface area contributed by atoms with Gasteiger partial charge in [-0.1, -0.05) is 80.6 Å². The number of nitrogens with zero attached hydrogens (tertiary/aromatic N) is 4. The van der Waals surface area contributed by atoms with Crippen molar-refractivity contribution in [3.8, 4) is 12.1 Å². The van der Waals surface area contributed by atoms with E-state index in [0.29, 0.717) is 5.56 Å². The Hall–Kier alpha value is -5.58. The van der Waals surface area contributed by atoms with Crippen LogP contribution in [0.15, 0.2) is 120 Å². The summed E-state index contributed by atoms with van der Waals surface area (Å²) in [5.41, 5.74) is 8.10. The maximum atomic E-state index is 10.1. The van der Waals surface area contributed by atoms with Crippen LogP contribution in [0.25, 0.3) is 32.3 Å². The van der Waals surface area contributed by atoms with Gasteiger partial charge in [-0.2, -0.15) is 10.5 Å². The second-order valence-corrected chi connectivity index (χ2v) is 11.0. The highest BCUT2D eigenvalue weighted by atomic mass is 15.2. The first-order chi connectivity index (χ1) is 21.7. The largest absolute Gasteiger partial charge is 0.340 e. The number of benzene rings is 6. The molecular formula is C40H32N4. The Balaban J connectivity index is 0.00000153. The molecule has 6 aromatic rings. The van der Waals surface area contributed by atoms with Crippen LogP contribution in [0.2, 0.25) is 0 Å². The number of nitriles is 2. The van der Waals surface area contributed by atoms with Crippen molar-refractivity contribution in [1.82, 2.24) is 0 Å². The van der Waals surface area contributed by atoms with Gasteiger partial charge in [0.15, 0.2) is 0 Å². The van der Waals surface area contributed by atoms with E-state index in [1.165, 1.54) is 38.2 Å². The highest BCUT2D eigenvalue weighted by molar-refractivity contribution is 6.27. The smallest absolute Gasteiger partial charge is 0.0992 e. The molecule has 0 N–H and O–H groups in total. The molecule has 0 fully saturated rings. The zero-order valence-corrected chi connectivity index (χ0v) is 25.0. The lowest BCUT2D eigenvalue weighted by Crippen LogP contribution is -2.18. The van der Waals surface area contributed by atoms with E-state index in [0.717, 1.165) is 59.5 Å². The second kappa shape index (κ2) is 11.3. The lowest BCUT2D eigenvalue weighted by molar-refractivity contribution is 0.956. The summed E-state index contributed by atoms with van der Waals surface area (Å²) in [6.45, 7) is 4.89. The third-order valence-electron chi connectivity index (χ3n) is 8.80. The fraction of sp³-hybridized carbons (Fsp3) is 0.150. The number of hydrogen-bond donors (Lipinski definition) is 0. The predicted octanol–water partition coefficient (Wildman–Crippen LogP) is 10.4. The first-order valence-electron chi connectivity index (χ1n) is 15.4. The van der Waals surface area contributed by atoms with Gasteiger partial charge in [-0.3, -0.25) is 0 Å². The second-order valence-electron chi connectivity index (χ2n) is 11.0. The van der Waals surface area contributed by atoms with Crippen molar-refractivity contribution >= 4 is 55.1 Å². The molecule has 0 saturated carbocycles. The zero-order chi connectivity index (χ0) is 30.2. The van der Waals surface area contributed by atoms with Crippen molar-refractivity contribution in [3.05, 3.63) is 132 Å². The summed E-state index contributed by atoms with van der Waals surface area (Å²) < 4.78 is 0. The van der Waals surface area contributed by atoms with Gasteiger partial charge in [0.25, 0.3) is 0 Å². The van der Waals surface area contributed by atoms with Gasteiger partial charge in [-0.25, -0.2) is 0 Å². The van der Waals surface area contributed by atoms with E-state index < -0.39 is 0 Å². The maximum absolute atomic E-state index is 10.1. The molecule has 0 spiro atoms. The van der Waals surface area contributed by atoms with Crippen molar-refractivity contribution in [2.45, 2.75) is 33.1 Å². The quantitative estimate of drug-likeness (QED) is 0.199. The van der Waals surface area contributed by atoms with E-state index in [9.17, 15) is 10.5 Å². The van der Waals surface area contributed by atoms with Gasteiger partial charge in [0.1, 0.15) is 0 Å². The van der Waals surface area contributed by atoms with Gasteiger partial charge in [-0.15, -0.1) is 0 Å². The summed E-state index contributed by atoms with van der Waals surface area (Å²) in [6.07, 6.45) is 6.85. The van der Waals surface area contributed by atoms with E-state index in [2.05, 4.69) is 113 Å². The number of rotatable bonds is 4. The van der Waals surface area contributed by atoms with E-state index in [-0.39, 0.29) is 0 Å². The Morgan fingerprint density at radius 2 is 1.43 bits per heavy atom. The molecule has 1 heterocycles. The van der Waals surface area contributed by atoms with E-state index in [4.69, 9.17) is 0 Å². The van der Waals surface area contributed by atoms with Crippen molar-refractivity contribution in [2.75, 3.05) is 16.3 Å². The minimum absolute atomic E-state index is 0.687. The van der Waals surface area contributed by atoms with Crippen molar-refractivity contribution < 1.29 is 0 Å². The van der Waals surface area contributed by atoms with E-state index in [1.54, 1.807) is 0 Å². The van der Waals surface area contributed by atoms with Crippen LogP contribution in [-0.2, 0) is 6.42 Å². The minimum Gasteiger partial charge on any atom is -0.340 e. The predicted molar refractivity (Wildman–Crippen MR) is 183 cm³/mol. The molecule has 0 atom stereocenters. The summed E-state index contributed by atoms with van der Waals surface area (Å²) in [6, 6.07) is 39.0. The first-order valence-corrected chi connectivity index (χ1v) is 15.4. The van der Waals surface area contributed by atoms with Crippen LogP contribution in [0.3, 0.4) is 0 Å². The lowest BCUT2D eigenvalue weighted by Gasteiger charge is -2.30. The fourth-order valence-electron chi connectivity index (χ4n) is 6.86. The Bertz CT molecular complexity index is 2180. The third kappa shape index (κ3) is 4.27. The molecule has 0 radical (unpaired) electrons. The van der Waals surface area contributed by atoms with Gasteiger partial charge in [0.2, 0.25) is 0 Å². The van der Waals surface area contributed by atoms with Crippen LogP contribution < -0.4 is 9.80 Å². The SMILES string of the molecule is CC.N#CC1=C(N(c2ccccc2)c2ccc3ccc4c(N5CCc6ccc(C#N)cc65)ccc5ccc2c3c54)C=CCC1. The van der Waals surface area contributed by atoms with Crippen LogP contribution in [-0.4, -0.2) is 6.54 Å². The number of hydrogen-bond acceptors (Lipinski definition) is 4. The Morgan fingerprint density at radius 1 is 0.705 bits per heavy atom. The molecule has 0 amide bonds. The Labute approximate surface area is 258 Å². The minimum atomic E-state index is 0.687. The molecule has 0 aromatic heterocycles. The molecule has 212 valence electrons. The molecule has 8 rings (SSSR count). The molecule has 2 aliphatic rings. The summed E-state index contributed by atoms with van der Waals surface area (Å²) in [4.78, 5) is 4.62. The van der Waals surface area contributed by atoms with Crippen molar-refractivity contribution in [1.29, 1.82) is 10.5 Å². The molecule has 6 aromatic carbocycles. The van der Waals surface area contributed by atoms with Crippen LogP contribution in [0.5, 0.6) is 0 Å². The number of para-hydroxylation sites is 1. The van der Waals surface area contributed by atoms with Crippen molar-refractivity contribution in [2.24, 2.45) is 0 Å². The lowest BCUT2D eigenvalue weighted by atomic mass is 9.91. The van der Waals surface area contributed by atoms with Crippen molar-refractivity contribution in [3.63, 3.8) is 0 Å². The van der Waals surface area contributed by atoms with Gasteiger partial charge >= 0.3 is 0 Å². The fourth-order valence-corrected chi connectivity index (χ4v) is 6.86. The molecule has 1 aliphatic heterocycles. The highest BCUT2D eigenvalue weighted by Gasteiger charge is 2.25. The maximum Gasteiger partial charge on any atom is 0.0992 e. The molecule has 4 nitrogen and oxygen atoms in total. The van der Waals surface area contributed by atoms with Gasteiger partial charge in [0.05, 0.1) is 34.7 Å². The summed E-state index contributed by atoms with van der Waals surface area (Å²) in [5, 5.41) is 26.9. The third-order valence-corrected chi connectivity index (χ3v) is 8.80. The Kier molecular flexibility index (Phi) is 6.97. The molecule has 4 heteroatoms. The topological polar surface area (TPSA) is 54.1 Å². The van der Waals surface area contributed by atoms with E-state index >= 15 is 0 Å². The van der Waals surface area contributed by atoms with Crippen LogP contribution in [0.1, 0.15) is 37.8 Å². The molecule has 0 bridgehead atoms. The average Bonchev–Trinajstić information content (AvgIpc) is 3.52. The highest BCUT2D eigenvalue weighted by Crippen LogP contribution is 2.46. The summed E-state index contributed by atoms with van der Waals surface area (Å²) in [5.74, 6) is 0. The molecule has 0 saturated heterocycles. The Morgan fingerprint density at radius 3 is 2.20 bits per heavy atom. The van der Waals surface area contributed by atoms with Gasteiger partial charge in [-0.05, 0) is 88.8 Å². The molecule has 0 unspecified atom stereocenters. The molecular weight excluding hydrogens is 536 g/mol. The monoisotopic (exact) mass is 568 g/mol. The normalized spacial score (nSPS) is 14.0. The number of fused-ring (bicyclic) bond motifs is 1. The standard InChI is InChI=1S/C38H26N4.C2H6/c39-23-25-10-11-26-20-21-41(36(26)22-25)34-18-14-27-13-17-32-35(19-15-28-12-16-31(34)37(27)38(28)32)42(30-7-2-1-3-8-30)33-9-5-4-6-29(33)24-40;1-2/h1-3,5,7-19,22H,4,6,20-21H2;1-2H3. The summed E-state index contributed by atoms with van der Waals surface area (Å²) in [7, 11) is 0. The van der Waals surface area contributed by atoms with Gasteiger partial charge < -0.3 is 9.80 Å². The van der Waals surface area contributed by atoms with Crippen LogP contribution >= 0.6 is 0 Å². The average molecular weight is 569 g/mol. The molecule has 44 heavy (non-hydrogen) atoms. The van der Waals surface area contributed by atoms with Crippen LogP contribution in [0.4, 0.5) is 22.7 Å². The van der Waals surface area contributed by atoms with E-state index in [1.807, 2.05) is 32.0 Å². The van der Waals surface area contributed by atoms with Crippen LogP contribution in [0, 0.1) is 22.7 Å². The number of allylic oxidation sites excluding steroid dienone is 3. The van der Waals surface area contributed by atoms with Gasteiger partial charge in [0, 0.05) is 34.4 Å². The number of anilines is 4. The zero-order valence-electron chi connectivity index (χ0n) is 25.0. The summed E-state index contributed by atoms with van der Waals surface area (Å²) >= 11 is 0. The molecule has 1 aliphatic carbocycles.